The van der Waals surface area contributed by atoms with Crippen molar-refractivity contribution < 1.29 is 24.1 Å². The Labute approximate surface area is 107 Å². The van der Waals surface area contributed by atoms with E-state index >= 15 is 0 Å². The Balaban J connectivity index is 1.88. The van der Waals surface area contributed by atoms with E-state index in [-0.39, 0.29) is 30.3 Å². The second kappa shape index (κ2) is 3.67. The lowest BCUT2D eigenvalue weighted by atomic mass is 9.80. The van der Waals surface area contributed by atoms with Gasteiger partial charge in [0, 0.05) is 5.92 Å². The summed E-state index contributed by atoms with van der Waals surface area (Å²) in [5.41, 5.74) is 0. The number of fused-ring (bicyclic) bond motifs is 2. The first-order valence-corrected chi connectivity index (χ1v) is 6.59. The van der Waals surface area contributed by atoms with Crippen molar-refractivity contribution >= 4 is 0 Å². The molecule has 1 N–H and O–H groups in total. The fourth-order valence-electron chi connectivity index (χ4n) is 3.35. The number of aliphatic hydroxyl groups is 1. The lowest BCUT2D eigenvalue weighted by Gasteiger charge is -2.39. The summed E-state index contributed by atoms with van der Waals surface area (Å²) in [6.45, 7) is 9.54. The van der Waals surface area contributed by atoms with Gasteiger partial charge < -0.3 is 24.1 Å². The third-order valence-electron chi connectivity index (χ3n) is 4.04. The van der Waals surface area contributed by atoms with Gasteiger partial charge in [-0.3, -0.25) is 0 Å². The normalized spacial score (nSPS) is 53.0. The molecule has 0 unspecified atom stereocenters. The van der Waals surface area contributed by atoms with Gasteiger partial charge in [0.25, 0.3) is 0 Å². The number of hydrogen-bond acceptors (Lipinski definition) is 5. The smallest absolute Gasteiger partial charge is 0.163 e. The molecule has 3 aliphatic rings. The summed E-state index contributed by atoms with van der Waals surface area (Å²) in [5.74, 6) is -1.18. The SMILES string of the molecule is C[C@@H]1[C@H]2OC(C)(C)O[C@@H]2[C@@H](O)[C@@H]2OC(C)(C)O[C@@H]12. The predicted octanol–water partition coefficient (Wildman–Crippen LogP) is 1.04. The van der Waals surface area contributed by atoms with E-state index in [0.717, 1.165) is 0 Å². The fourth-order valence-corrected chi connectivity index (χ4v) is 3.35. The van der Waals surface area contributed by atoms with Crippen LogP contribution in [0, 0.1) is 5.92 Å². The van der Waals surface area contributed by atoms with Crippen LogP contribution in [0.25, 0.3) is 0 Å². The average Bonchev–Trinajstić information content (AvgIpc) is 2.72. The molecule has 0 amide bonds. The minimum Gasteiger partial charge on any atom is -0.387 e. The third-order valence-corrected chi connectivity index (χ3v) is 4.04. The highest BCUT2D eigenvalue weighted by atomic mass is 16.8. The molecule has 104 valence electrons. The molecule has 3 fully saturated rings. The van der Waals surface area contributed by atoms with Crippen LogP contribution in [0.2, 0.25) is 0 Å². The fraction of sp³-hybridized carbons (Fsp3) is 1.00. The van der Waals surface area contributed by atoms with Gasteiger partial charge in [0.1, 0.15) is 18.3 Å². The van der Waals surface area contributed by atoms with Crippen molar-refractivity contribution in [1.82, 2.24) is 0 Å². The maximum absolute atomic E-state index is 10.4. The Morgan fingerprint density at radius 3 is 1.44 bits per heavy atom. The van der Waals surface area contributed by atoms with E-state index in [9.17, 15) is 5.11 Å². The lowest BCUT2D eigenvalue weighted by molar-refractivity contribution is -0.180. The van der Waals surface area contributed by atoms with Gasteiger partial charge in [-0.05, 0) is 27.7 Å². The molecule has 2 heterocycles. The van der Waals surface area contributed by atoms with Crippen molar-refractivity contribution in [3.05, 3.63) is 0 Å². The largest absolute Gasteiger partial charge is 0.387 e. The summed E-state index contributed by atoms with van der Waals surface area (Å²) in [5, 5.41) is 10.4. The topological polar surface area (TPSA) is 57.2 Å². The van der Waals surface area contributed by atoms with Crippen LogP contribution in [-0.2, 0) is 18.9 Å². The Hall–Kier alpha value is -0.200. The van der Waals surface area contributed by atoms with Gasteiger partial charge in [-0.1, -0.05) is 6.92 Å². The molecule has 2 saturated heterocycles. The van der Waals surface area contributed by atoms with E-state index in [4.69, 9.17) is 18.9 Å². The van der Waals surface area contributed by atoms with Crippen LogP contribution in [0.5, 0.6) is 0 Å². The molecule has 1 aliphatic carbocycles. The molecule has 6 atom stereocenters. The van der Waals surface area contributed by atoms with Crippen molar-refractivity contribution in [2.24, 2.45) is 5.92 Å². The van der Waals surface area contributed by atoms with E-state index in [1.807, 2.05) is 27.7 Å². The molecule has 5 nitrogen and oxygen atoms in total. The summed E-state index contributed by atoms with van der Waals surface area (Å²) in [6.07, 6.45) is -1.68. The number of rotatable bonds is 0. The summed E-state index contributed by atoms with van der Waals surface area (Å²) >= 11 is 0. The van der Waals surface area contributed by atoms with Gasteiger partial charge in [-0.15, -0.1) is 0 Å². The van der Waals surface area contributed by atoms with Crippen molar-refractivity contribution in [2.75, 3.05) is 0 Å². The minimum absolute atomic E-state index is 0.131. The van der Waals surface area contributed by atoms with Crippen LogP contribution >= 0.6 is 0 Å². The molecule has 0 aromatic carbocycles. The molecule has 0 spiro atoms. The summed E-state index contributed by atoms with van der Waals surface area (Å²) in [6, 6.07) is 0. The first-order valence-electron chi connectivity index (χ1n) is 6.59. The van der Waals surface area contributed by atoms with Crippen molar-refractivity contribution in [1.29, 1.82) is 0 Å². The van der Waals surface area contributed by atoms with Gasteiger partial charge in [0.15, 0.2) is 11.6 Å². The minimum atomic E-state index is -0.709. The standard InChI is InChI=1S/C13H22O5/c1-6-8-10(17-12(2,3)15-8)7(14)11-9(6)16-13(4,5)18-11/h6-11,14H,1-5H3/t6-,7-,8-,9+,10-,11+. The monoisotopic (exact) mass is 258 g/mol. The highest BCUT2D eigenvalue weighted by molar-refractivity contribution is 5.05. The first-order chi connectivity index (χ1) is 8.20. The van der Waals surface area contributed by atoms with Gasteiger partial charge >= 0.3 is 0 Å². The first kappa shape index (κ1) is 12.8. The van der Waals surface area contributed by atoms with Crippen molar-refractivity contribution in [3.63, 3.8) is 0 Å². The van der Waals surface area contributed by atoms with E-state index in [2.05, 4.69) is 6.92 Å². The molecule has 0 bridgehead atoms. The van der Waals surface area contributed by atoms with E-state index in [1.165, 1.54) is 0 Å². The Morgan fingerprint density at radius 1 is 0.722 bits per heavy atom. The Morgan fingerprint density at radius 2 is 1.06 bits per heavy atom. The van der Waals surface area contributed by atoms with E-state index < -0.39 is 17.7 Å². The van der Waals surface area contributed by atoms with Gasteiger partial charge in [-0.25, -0.2) is 0 Å². The Kier molecular flexibility index (Phi) is 2.61. The van der Waals surface area contributed by atoms with Gasteiger partial charge in [0.2, 0.25) is 0 Å². The van der Waals surface area contributed by atoms with E-state index in [1.54, 1.807) is 0 Å². The number of aliphatic hydroxyl groups excluding tert-OH is 1. The zero-order valence-corrected chi connectivity index (χ0v) is 11.5. The predicted molar refractivity (Wildman–Crippen MR) is 62.8 cm³/mol. The highest BCUT2D eigenvalue weighted by Crippen LogP contribution is 2.46. The molecule has 3 rings (SSSR count). The molecule has 0 aromatic heterocycles. The third kappa shape index (κ3) is 1.80. The van der Waals surface area contributed by atoms with Crippen molar-refractivity contribution in [3.8, 4) is 0 Å². The number of ether oxygens (including phenoxy) is 4. The van der Waals surface area contributed by atoms with Crippen LogP contribution in [0.3, 0.4) is 0 Å². The van der Waals surface area contributed by atoms with E-state index in [0.29, 0.717) is 0 Å². The van der Waals surface area contributed by atoms with Gasteiger partial charge in [0.05, 0.1) is 12.2 Å². The average molecular weight is 258 g/mol. The maximum Gasteiger partial charge on any atom is 0.163 e. The second-order valence-corrected chi connectivity index (χ2v) is 6.48. The summed E-state index contributed by atoms with van der Waals surface area (Å²) in [4.78, 5) is 0. The number of hydrogen-bond donors (Lipinski definition) is 1. The lowest BCUT2D eigenvalue weighted by Crippen LogP contribution is -2.57. The maximum atomic E-state index is 10.4. The zero-order chi connectivity index (χ0) is 13.3. The van der Waals surface area contributed by atoms with Crippen LogP contribution in [0.15, 0.2) is 0 Å². The molecule has 0 radical (unpaired) electrons. The summed E-state index contributed by atoms with van der Waals surface area (Å²) < 4.78 is 23.4. The molecule has 1 saturated carbocycles. The zero-order valence-electron chi connectivity index (χ0n) is 11.5. The van der Waals surface area contributed by atoms with Crippen LogP contribution in [0.4, 0.5) is 0 Å². The van der Waals surface area contributed by atoms with Crippen molar-refractivity contribution in [2.45, 2.75) is 76.7 Å². The quantitative estimate of drug-likeness (QED) is 0.703. The second-order valence-electron chi connectivity index (χ2n) is 6.48. The van der Waals surface area contributed by atoms with Crippen LogP contribution in [-0.4, -0.2) is 47.2 Å². The molecule has 0 aromatic rings. The molecule has 5 heteroatoms. The molecule has 2 aliphatic heterocycles. The highest BCUT2D eigenvalue weighted by Gasteiger charge is 2.61. The Bertz CT molecular complexity index is 291. The molecular weight excluding hydrogens is 236 g/mol. The van der Waals surface area contributed by atoms with Gasteiger partial charge in [-0.2, -0.15) is 0 Å². The van der Waals surface area contributed by atoms with Crippen LogP contribution in [0.1, 0.15) is 34.6 Å². The molecule has 18 heavy (non-hydrogen) atoms. The molecular formula is C13H22O5. The van der Waals surface area contributed by atoms with Crippen LogP contribution < -0.4 is 0 Å². The summed E-state index contributed by atoms with van der Waals surface area (Å²) in [7, 11) is 0.